The van der Waals surface area contributed by atoms with Gasteiger partial charge in [0, 0.05) is 11.9 Å². The summed E-state index contributed by atoms with van der Waals surface area (Å²) in [6.45, 7) is 1.78. The summed E-state index contributed by atoms with van der Waals surface area (Å²) in [6, 6.07) is 6.46. The Kier molecular flexibility index (Phi) is 3.60. The molecular weight excluding hydrogens is 262 g/mol. The first-order valence-corrected chi connectivity index (χ1v) is 5.68. The van der Waals surface area contributed by atoms with Gasteiger partial charge >= 0.3 is 6.09 Å². The van der Waals surface area contributed by atoms with Gasteiger partial charge in [-0.05, 0) is 36.2 Å². The quantitative estimate of drug-likeness (QED) is 0.660. The number of benzene rings is 1. The normalized spacial score (nSPS) is 10.1. The Morgan fingerprint density at radius 2 is 2.15 bits per heavy atom. The Hall–Kier alpha value is -2.96. The molecular formula is C13H11N3O4. The number of amides is 1. The molecule has 2 rings (SSSR count). The minimum Gasteiger partial charge on any atom is -0.465 e. The van der Waals surface area contributed by atoms with Gasteiger partial charge in [-0.3, -0.25) is 20.4 Å². The maximum absolute atomic E-state index is 11.0. The highest BCUT2D eigenvalue weighted by Crippen LogP contribution is 2.31. The highest BCUT2D eigenvalue weighted by molar-refractivity contribution is 5.85. The van der Waals surface area contributed by atoms with Crippen LogP contribution in [0.4, 0.5) is 16.2 Å². The Morgan fingerprint density at radius 1 is 1.40 bits per heavy atom. The summed E-state index contributed by atoms with van der Waals surface area (Å²) >= 11 is 0. The fourth-order valence-corrected chi connectivity index (χ4v) is 1.91. The molecule has 1 amide bonds. The number of aryl methyl sites for hydroxylation is 1. The third kappa shape index (κ3) is 2.89. The van der Waals surface area contributed by atoms with Crippen LogP contribution in [0.25, 0.3) is 11.1 Å². The van der Waals surface area contributed by atoms with Crippen molar-refractivity contribution in [1.29, 1.82) is 0 Å². The molecule has 0 aliphatic heterocycles. The van der Waals surface area contributed by atoms with Crippen LogP contribution in [0.3, 0.4) is 0 Å². The maximum Gasteiger partial charge on any atom is 0.409 e. The fraction of sp³-hybridized carbons (Fsp3) is 0.0769. The molecule has 0 saturated carbocycles. The van der Waals surface area contributed by atoms with Crippen LogP contribution in [0.2, 0.25) is 0 Å². The minimum absolute atomic E-state index is 0.126. The first-order valence-electron chi connectivity index (χ1n) is 5.68. The van der Waals surface area contributed by atoms with Crippen molar-refractivity contribution in [3.05, 3.63) is 52.3 Å². The van der Waals surface area contributed by atoms with Gasteiger partial charge in [0.2, 0.25) is 0 Å². The Labute approximate surface area is 114 Å². The number of carboxylic acid groups (broad SMARTS) is 1. The largest absolute Gasteiger partial charge is 0.465 e. The van der Waals surface area contributed by atoms with Gasteiger partial charge in [0.25, 0.3) is 5.69 Å². The zero-order valence-corrected chi connectivity index (χ0v) is 10.5. The Balaban J connectivity index is 2.55. The molecule has 20 heavy (non-hydrogen) atoms. The van der Waals surface area contributed by atoms with Crippen LogP contribution in [0.1, 0.15) is 5.56 Å². The van der Waals surface area contributed by atoms with E-state index in [0.29, 0.717) is 16.8 Å². The van der Waals surface area contributed by atoms with E-state index >= 15 is 0 Å². The van der Waals surface area contributed by atoms with Crippen molar-refractivity contribution >= 4 is 17.5 Å². The number of nitrogens with zero attached hydrogens (tertiary/aromatic N) is 2. The molecule has 0 aliphatic carbocycles. The lowest BCUT2D eigenvalue weighted by Gasteiger charge is -2.08. The van der Waals surface area contributed by atoms with Crippen molar-refractivity contribution in [2.24, 2.45) is 0 Å². The van der Waals surface area contributed by atoms with E-state index in [4.69, 9.17) is 5.11 Å². The molecule has 2 N–H and O–H groups in total. The van der Waals surface area contributed by atoms with Crippen molar-refractivity contribution in [3.63, 3.8) is 0 Å². The Morgan fingerprint density at radius 3 is 2.80 bits per heavy atom. The predicted molar refractivity (Wildman–Crippen MR) is 72.7 cm³/mol. The molecule has 0 unspecified atom stereocenters. The number of pyridine rings is 1. The molecule has 7 heteroatoms. The first-order chi connectivity index (χ1) is 9.47. The van der Waals surface area contributed by atoms with Gasteiger partial charge in [0.1, 0.15) is 6.20 Å². The van der Waals surface area contributed by atoms with E-state index in [2.05, 4.69) is 10.3 Å². The molecule has 0 bridgehead atoms. The van der Waals surface area contributed by atoms with Crippen LogP contribution in [-0.4, -0.2) is 21.1 Å². The van der Waals surface area contributed by atoms with Crippen molar-refractivity contribution in [2.45, 2.75) is 6.92 Å². The number of hydrogen-bond acceptors (Lipinski definition) is 4. The number of rotatable bonds is 3. The summed E-state index contributed by atoms with van der Waals surface area (Å²) < 4.78 is 0. The number of nitrogens with one attached hydrogen (secondary N) is 1. The summed E-state index contributed by atoms with van der Waals surface area (Å²) in [5.41, 5.74) is 1.97. The van der Waals surface area contributed by atoms with E-state index in [1.807, 2.05) is 0 Å². The second-order valence-electron chi connectivity index (χ2n) is 4.17. The van der Waals surface area contributed by atoms with Crippen LogP contribution in [0.15, 0.2) is 36.7 Å². The summed E-state index contributed by atoms with van der Waals surface area (Å²) in [7, 11) is 0. The third-order valence-corrected chi connectivity index (χ3v) is 2.64. The minimum atomic E-state index is -1.19. The van der Waals surface area contributed by atoms with Gasteiger partial charge in [-0.25, -0.2) is 4.79 Å². The number of carbonyl (C=O) groups is 1. The first kappa shape index (κ1) is 13.5. The van der Waals surface area contributed by atoms with Crippen LogP contribution in [0.5, 0.6) is 0 Å². The number of anilines is 1. The lowest BCUT2D eigenvalue weighted by molar-refractivity contribution is -0.384. The second-order valence-corrected chi connectivity index (χ2v) is 4.17. The second kappa shape index (κ2) is 5.35. The van der Waals surface area contributed by atoms with Gasteiger partial charge in [-0.2, -0.15) is 0 Å². The van der Waals surface area contributed by atoms with E-state index in [-0.39, 0.29) is 5.69 Å². The summed E-state index contributed by atoms with van der Waals surface area (Å²) in [4.78, 5) is 24.9. The van der Waals surface area contributed by atoms with Crippen molar-refractivity contribution < 1.29 is 14.8 Å². The van der Waals surface area contributed by atoms with Crippen molar-refractivity contribution in [3.8, 4) is 11.1 Å². The monoisotopic (exact) mass is 273 g/mol. The van der Waals surface area contributed by atoms with E-state index in [1.54, 1.807) is 25.1 Å². The van der Waals surface area contributed by atoms with Gasteiger partial charge in [0.15, 0.2) is 0 Å². The average molecular weight is 273 g/mol. The van der Waals surface area contributed by atoms with E-state index < -0.39 is 11.0 Å². The standard InChI is InChI=1S/C13H11N3O4/c1-8-4-9(6-10(5-8)15-13(17)18)11-2-3-14-7-12(11)16(19)20/h2-7,15H,1H3,(H,17,18). The summed E-state index contributed by atoms with van der Waals surface area (Å²) in [6.07, 6.45) is 1.43. The molecule has 0 fully saturated rings. The molecule has 1 aromatic carbocycles. The number of nitro groups is 1. The van der Waals surface area contributed by atoms with E-state index in [1.165, 1.54) is 18.5 Å². The molecule has 0 spiro atoms. The maximum atomic E-state index is 11.0. The molecule has 7 nitrogen and oxygen atoms in total. The molecule has 1 aromatic heterocycles. The number of hydrogen-bond donors (Lipinski definition) is 2. The highest BCUT2D eigenvalue weighted by atomic mass is 16.6. The number of aromatic nitrogens is 1. The zero-order chi connectivity index (χ0) is 14.7. The molecule has 102 valence electrons. The molecule has 2 aromatic rings. The van der Waals surface area contributed by atoms with Crippen molar-refractivity contribution in [2.75, 3.05) is 5.32 Å². The van der Waals surface area contributed by atoms with Gasteiger partial charge in [-0.15, -0.1) is 0 Å². The van der Waals surface area contributed by atoms with Gasteiger partial charge in [0.05, 0.1) is 10.5 Å². The third-order valence-electron chi connectivity index (χ3n) is 2.64. The van der Waals surface area contributed by atoms with E-state index in [9.17, 15) is 14.9 Å². The van der Waals surface area contributed by atoms with Crippen LogP contribution < -0.4 is 5.32 Å². The SMILES string of the molecule is Cc1cc(NC(=O)O)cc(-c2ccncc2[N+](=O)[O-])c1. The fourth-order valence-electron chi connectivity index (χ4n) is 1.91. The predicted octanol–water partition coefficient (Wildman–Crippen LogP) is 3.06. The van der Waals surface area contributed by atoms with E-state index in [0.717, 1.165) is 5.56 Å². The summed E-state index contributed by atoms with van der Waals surface area (Å²) in [5, 5.41) is 22.0. The van der Waals surface area contributed by atoms with Crippen LogP contribution in [0, 0.1) is 17.0 Å². The van der Waals surface area contributed by atoms with Gasteiger partial charge in [-0.1, -0.05) is 6.07 Å². The molecule has 0 atom stereocenters. The molecule has 1 heterocycles. The topological polar surface area (TPSA) is 105 Å². The highest BCUT2D eigenvalue weighted by Gasteiger charge is 2.16. The molecule has 0 saturated heterocycles. The van der Waals surface area contributed by atoms with Crippen molar-refractivity contribution in [1.82, 2.24) is 4.98 Å². The smallest absolute Gasteiger partial charge is 0.409 e. The summed E-state index contributed by atoms with van der Waals surface area (Å²) in [5.74, 6) is 0. The lowest BCUT2D eigenvalue weighted by Crippen LogP contribution is -2.07. The zero-order valence-electron chi connectivity index (χ0n) is 10.5. The lowest BCUT2D eigenvalue weighted by atomic mass is 10.0. The average Bonchev–Trinajstić information content (AvgIpc) is 2.37. The Bertz CT molecular complexity index is 685. The van der Waals surface area contributed by atoms with Gasteiger partial charge < -0.3 is 5.11 Å². The molecule has 0 radical (unpaired) electrons. The molecule has 0 aliphatic rings. The van der Waals surface area contributed by atoms with Crippen LogP contribution in [-0.2, 0) is 0 Å². The van der Waals surface area contributed by atoms with Crippen LogP contribution >= 0.6 is 0 Å².